The summed E-state index contributed by atoms with van der Waals surface area (Å²) >= 11 is 6.98. The highest BCUT2D eigenvalue weighted by atomic mass is 79.9. The van der Waals surface area contributed by atoms with Crippen molar-refractivity contribution in [3.8, 4) is 0 Å². The lowest BCUT2D eigenvalue weighted by Gasteiger charge is -2.27. The first kappa shape index (κ1) is 10.4. The molecule has 3 nitrogen and oxygen atoms in total. The molecule has 1 heterocycles. The minimum absolute atomic E-state index is 0.0158. The van der Waals surface area contributed by atoms with Gasteiger partial charge in [0.05, 0.1) is 5.57 Å². The fourth-order valence-corrected chi connectivity index (χ4v) is 3.10. The molecule has 0 spiro atoms. The molecule has 3 atom stereocenters. The number of cyclic esters (lactones) is 2. The molecule has 0 saturated heterocycles. The van der Waals surface area contributed by atoms with Crippen molar-refractivity contribution in [1.82, 2.24) is 0 Å². The van der Waals surface area contributed by atoms with Crippen LogP contribution in [0.2, 0.25) is 0 Å². The van der Waals surface area contributed by atoms with Gasteiger partial charge in [-0.3, -0.25) is 0 Å². The summed E-state index contributed by atoms with van der Waals surface area (Å²) in [6.07, 6.45) is 0.556. The summed E-state index contributed by atoms with van der Waals surface area (Å²) < 4.78 is 4.58. The Bertz CT molecular complexity index is 348. The molecule has 76 valence electrons. The lowest BCUT2D eigenvalue weighted by molar-refractivity contribution is -0.151. The molecule has 1 aliphatic heterocycles. The molecule has 0 radical (unpaired) electrons. The molecule has 1 aliphatic carbocycles. The van der Waals surface area contributed by atoms with Crippen LogP contribution in [0.25, 0.3) is 0 Å². The number of hydrogen-bond acceptors (Lipinski definition) is 3. The Morgan fingerprint density at radius 2 is 1.93 bits per heavy atom. The van der Waals surface area contributed by atoms with Gasteiger partial charge in [-0.1, -0.05) is 38.8 Å². The van der Waals surface area contributed by atoms with Crippen molar-refractivity contribution in [1.29, 1.82) is 0 Å². The van der Waals surface area contributed by atoms with Crippen LogP contribution in [0, 0.1) is 5.92 Å². The molecular formula is C9H8Br2O3. The summed E-state index contributed by atoms with van der Waals surface area (Å²) in [6.45, 7) is 1.92. The molecular weight excluding hydrogens is 316 g/mol. The van der Waals surface area contributed by atoms with Gasteiger partial charge in [0.1, 0.15) is 0 Å². The third kappa shape index (κ3) is 1.37. The summed E-state index contributed by atoms with van der Waals surface area (Å²) in [5.74, 6) is -0.927. The molecule has 2 aliphatic rings. The van der Waals surface area contributed by atoms with E-state index in [-0.39, 0.29) is 15.6 Å². The zero-order valence-electron chi connectivity index (χ0n) is 7.42. The van der Waals surface area contributed by atoms with E-state index in [0.29, 0.717) is 17.6 Å². The minimum Gasteiger partial charge on any atom is -0.386 e. The second-order valence-electron chi connectivity index (χ2n) is 3.52. The lowest BCUT2D eigenvalue weighted by atomic mass is 9.85. The molecule has 0 fully saturated rings. The van der Waals surface area contributed by atoms with Crippen molar-refractivity contribution < 1.29 is 14.3 Å². The van der Waals surface area contributed by atoms with Crippen LogP contribution in [-0.2, 0) is 14.3 Å². The largest absolute Gasteiger partial charge is 0.386 e. The number of hydrogen-bond donors (Lipinski definition) is 0. The smallest absolute Gasteiger partial charge is 0.342 e. The van der Waals surface area contributed by atoms with Crippen LogP contribution in [0.3, 0.4) is 0 Å². The second-order valence-corrected chi connectivity index (χ2v) is 5.76. The number of carbonyl (C=O) groups is 2. The van der Waals surface area contributed by atoms with Crippen molar-refractivity contribution in [3.63, 3.8) is 0 Å². The normalized spacial score (nSPS) is 37.2. The number of rotatable bonds is 0. The standard InChI is InChI=1S/C9H8Br2O3/c1-3-6-4(2-5(10)7(3)11)8(12)14-9(6)13/h3,5,7H,2H2,1H3/t3-,5+,7-/m1/s1. The summed E-state index contributed by atoms with van der Waals surface area (Å²) in [4.78, 5) is 23.0. The first-order valence-electron chi connectivity index (χ1n) is 4.30. The van der Waals surface area contributed by atoms with Crippen LogP contribution in [0.15, 0.2) is 11.1 Å². The SMILES string of the molecule is C[C@@H]1C2=C(C[C@H](Br)[C@@H]1Br)C(=O)OC2=O. The van der Waals surface area contributed by atoms with Gasteiger partial charge in [0.15, 0.2) is 0 Å². The average Bonchev–Trinajstić information content (AvgIpc) is 2.38. The van der Waals surface area contributed by atoms with Gasteiger partial charge >= 0.3 is 11.9 Å². The Morgan fingerprint density at radius 3 is 2.57 bits per heavy atom. The zero-order chi connectivity index (χ0) is 10.5. The van der Waals surface area contributed by atoms with Crippen LogP contribution in [0.5, 0.6) is 0 Å². The van der Waals surface area contributed by atoms with E-state index < -0.39 is 11.9 Å². The molecule has 14 heavy (non-hydrogen) atoms. The molecule has 0 aromatic carbocycles. The first-order chi connectivity index (χ1) is 6.52. The Labute approximate surface area is 98.1 Å². The van der Waals surface area contributed by atoms with Crippen LogP contribution in [-0.4, -0.2) is 21.6 Å². The number of carbonyl (C=O) groups excluding carboxylic acids is 2. The molecule has 0 saturated carbocycles. The van der Waals surface area contributed by atoms with Gasteiger partial charge in [-0.15, -0.1) is 0 Å². The fraction of sp³-hybridized carbons (Fsp3) is 0.556. The second kappa shape index (κ2) is 3.45. The van der Waals surface area contributed by atoms with Crippen molar-refractivity contribution in [2.45, 2.75) is 23.0 Å². The summed E-state index contributed by atoms with van der Waals surface area (Å²) in [5.41, 5.74) is 1.09. The maximum atomic E-state index is 11.3. The van der Waals surface area contributed by atoms with Gasteiger partial charge in [0.2, 0.25) is 0 Å². The number of esters is 2. The van der Waals surface area contributed by atoms with E-state index in [1.54, 1.807) is 0 Å². The van der Waals surface area contributed by atoms with E-state index in [1.165, 1.54) is 0 Å². The highest BCUT2D eigenvalue weighted by Gasteiger charge is 2.44. The van der Waals surface area contributed by atoms with E-state index in [1.807, 2.05) is 6.92 Å². The quantitative estimate of drug-likeness (QED) is 0.389. The Morgan fingerprint density at radius 1 is 1.29 bits per heavy atom. The average molecular weight is 324 g/mol. The molecule has 0 amide bonds. The van der Waals surface area contributed by atoms with Crippen LogP contribution in [0.4, 0.5) is 0 Å². The Balaban J connectivity index is 2.45. The monoisotopic (exact) mass is 322 g/mol. The van der Waals surface area contributed by atoms with E-state index >= 15 is 0 Å². The van der Waals surface area contributed by atoms with Gasteiger partial charge < -0.3 is 4.74 Å². The molecule has 2 rings (SSSR count). The predicted octanol–water partition coefficient (Wildman–Crippen LogP) is 1.93. The van der Waals surface area contributed by atoms with Crippen molar-refractivity contribution in [3.05, 3.63) is 11.1 Å². The van der Waals surface area contributed by atoms with Gasteiger partial charge in [-0.05, 0) is 6.42 Å². The third-order valence-electron chi connectivity index (χ3n) is 2.65. The number of alkyl halides is 2. The number of halogens is 2. The third-order valence-corrected chi connectivity index (χ3v) is 5.69. The molecule has 0 unspecified atom stereocenters. The highest BCUT2D eigenvalue weighted by molar-refractivity contribution is 9.12. The highest BCUT2D eigenvalue weighted by Crippen LogP contribution is 2.41. The van der Waals surface area contributed by atoms with Crippen LogP contribution >= 0.6 is 31.9 Å². The lowest BCUT2D eigenvalue weighted by Crippen LogP contribution is -2.30. The fourth-order valence-electron chi connectivity index (χ4n) is 1.87. The molecule has 0 aromatic rings. The molecule has 0 bridgehead atoms. The van der Waals surface area contributed by atoms with E-state index in [9.17, 15) is 9.59 Å². The van der Waals surface area contributed by atoms with Crippen molar-refractivity contribution in [2.75, 3.05) is 0 Å². The topological polar surface area (TPSA) is 43.4 Å². The summed E-state index contributed by atoms with van der Waals surface area (Å²) in [7, 11) is 0. The van der Waals surface area contributed by atoms with Gasteiger partial charge in [-0.2, -0.15) is 0 Å². The minimum atomic E-state index is -0.472. The van der Waals surface area contributed by atoms with Gasteiger partial charge in [-0.25, -0.2) is 9.59 Å². The van der Waals surface area contributed by atoms with E-state index in [4.69, 9.17) is 0 Å². The maximum absolute atomic E-state index is 11.3. The first-order valence-corrected chi connectivity index (χ1v) is 6.13. The van der Waals surface area contributed by atoms with E-state index in [2.05, 4.69) is 36.6 Å². The van der Waals surface area contributed by atoms with Crippen LogP contribution in [0.1, 0.15) is 13.3 Å². The molecule has 0 N–H and O–H groups in total. The number of ether oxygens (including phenoxy) is 1. The zero-order valence-corrected chi connectivity index (χ0v) is 10.6. The van der Waals surface area contributed by atoms with Gasteiger partial charge in [0.25, 0.3) is 0 Å². The summed E-state index contributed by atoms with van der Waals surface area (Å²) in [5, 5.41) is 0. The molecule has 5 heteroatoms. The summed E-state index contributed by atoms with van der Waals surface area (Å²) in [6, 6.07) is 0. The Kier molecular flexibility index (Phi) is 2.55. The predicted molar refractivity (Wildman–Crippen MR) is 57.3 cm³/mol. The van der Waals surface area contributed by atoms with Crippen molar-refractivity contribution >= 4 is 43.8 Å². The van der Waals surface area contributed by atoms with Crippen LogP contribution < -0.4 is 0 Å². The Hall–Kier alpha value is -0.160. The van der Waals surface area contributed by atoms with Gasteiger partial charge in [0, 0.05) is 21.1 Å². The maximum Gasteiger partial charge on any atom is 0.342 e. The van der Waals surface area contributed by atoms with Crippen molar-refractivity contribution in [2.24, 2.45) is 5.92 Å². The van der Waals surface area contributed by atoms with E-state index in [0.717, 1.165) is 0 Å². The molecule has 0 aromatic heterocycles.